The molecule has 4 nitrogen and oxygen atoms in total. The first-order chi connectivity index (χ1) is 12.6. The third-order valence-electron chi connectivity index (χ3n) is 5.02. The molecule has 134 valence electrons. The highest BCUT2D eigenvalue weighted by Crippen LogP contribution is 2.33. The largest absolute Gasteiger partial charge is 0.357 e. The zero-order chi connectivity index (χ0) is 18.3. The average molecular weight is 388 g/mol. The number of nitrogens with one attached hydrogen (secondary N) is 1. The van der Waals surface area contributed by atoms with Gasteiger partial charge in [-0.2, -0.15) is 0 Å². The van der Waals surface area contributed by atoms with Gasteiger partial charge in [0, 0.05) is 38.2 Å². The molecular weight excluding hydrogens is 369 g/mol. The molecule has 3 N–H and O–H groups in total. The summed E-state index contributed by atoms with van der Waals surface area (Å²) in [5.41, 5.74) is 9.82. The Kier molecular flexibility index (Phi) is 4.65. The summed E-state index contributed by atoms with van der Waals surface area (Å²) in [4.78, 5) is 18.4. The Balaban J connectivity index is 1.72. The maximum atomic E-state index is 13.1. The molecule has 1 amide bonds. The van der Waals surface area contributed by atoms with Crippen LogP contribution in [-0.2, 0) is 13.0 Å². The number of hydrogen-bond acceptors (Lipinski definition) is 2. The van der Waals surface area contributed by atoms with Crippen LogP contribution in [0.4, 0.5) is 0 Å². The first-order valence-electron chi connectivity index (χ1n) is 8.62. The van der Waals surface area contributed by atoms with Crippen LogP contribution >= 0.6 is 23.2 Å². The van der Waals surface area contributed by atoms with Crippen LogP contribution in [0.1, 0.15) is 28.0 Å². The number of carbonyl (C=O) groups is 1. The van der Waals surface area contributed by atoms with Crippen LogP contribution in [0.3, 0.4) is 0 Å². The predicted molar refractivity (Wildman–Crippen MR) is 106 cm³/mol. The number of carbonyl (C=O) groups excluding carboxylic acids is 1. The molecule has 2 aromatic carbocycles. The van der Waals surface area contributed by atoms with E-state index in [-0.39, 0.29) is 11.9 Å². The molecule has 6 heteroatoms. The van der Waals surface area contributed by atoms with E-state index in [1.54, 1.807) is 24.3 Å². The number of amides is 1. The summed E-state index contributed by atoms with van der Waals surface area (Å²) < 4.78 is 0. The van der Waals surface area contributed by atoms with Gasteiger partial charge in [-0.1, -0.05) is 23.2 Å². The first kappa shape index (κ1) is 17.4. The summed E-state index contributed by atoms with van der Waals surface area (Å²) in [6, 6.07) is 12.9. The Morgan fingerprint density at radius 2 is 1.88 bits per heavy atom. The van der Waals surface area contributed by atoms with Crippen LogP contribution in [-0.4, -0.2) is 28.4 Å². The first-order valence-corrected chi connectivity index (χ1v) is 9.38. The molecule has 3 aromatic rings. The Labute approximate surface area is 161 Å². The van der Waals surface area contributed by atoms with Crippen molar-refractivity contribution in [3.63, 3.8) is 0 Å². The van der Waals surface area contributed by atoms with Gasteiger partial charge in [-0.3, -0.25) is 4.79 Å². The van der Waals surface area contributed by atoms with E-state index < -0.39 is 0 Å². The number of rotatable bonds is 3. The van der Waals surface area contributed by atoms with Gasteiger partial charge in [0.2, 0.25) is 0 Å². The van der Waals surface area contributed by atoms with Gasteiger partial charge in [-0.25, -0.2) is 0 Å². The number of nitrogens with zero attached hydrogens (tertiary/aromatic N) is 1. The minimum atomic E-state index is 0.00227. The Morgan fingerprint density at radius 1 is 1.15 bits per heavy atom. The normalized spacial score (nSPS) is 16.7. The predicted octanol–water partition coefficient (Wildman–Crippen LogP) is 4.39. The molecule has 1 aliphatic heterocycles. The van der Waals surface area contributed by atoms with Gasteiger partial charge >= 0.3 is 0 Å². The van der Waals surface area contributed by atoms with Gasteiger partial charge in [0.05, 0.1) is 6.54 Å². The van der Waals surface area contributed by atoms with Crippen molar-refractivity contribution in [2.24, 2.45) is 5.73 Å². The Morgan fingerprint density at radius 3 is 2.62 bits per heavy atom. The smallest absolute Gasteiger partial charge is 0.254 e. The van der Waals surface area contributed by atoms with E-state index >= 15 is 0 Å². The monoisotopic (exact) mass is 387 g/mol. The number of H-pyrrole nitrogens is 1. The third-order valence-corrected chi connectivity index (χ3v) is 5.50. The van der Waals surface area contributed by atoms with Crippen molar-refractivity contribution in [1.82, 2.24) is 9.88 Å². The fourth-order valence-electron chi connectivity index (χ4n) is 3.74. The molecule has 0 fully saturated rings. The number of hydrogen-bond donors (Lipinski definition) is 2. The lowest BCUT2D eigenvalue weighted by Crippen LogP contribution is -2.45. The zero-order valence-electron chi connectivity index (χ0n) is 14.1. The lowest BCUT2D eigenvalue weighted by Gasteiger charge is -2.36. The Hall–Kier alpha value is -2.01. The van der Waals surface area contributed by atoms with Crippen molar-refractivity contribution in [3.05, 3.63) is 69.3 Å². The minimum absolute atomic E-state index is 0.00227. The summed E-state index contributed by atoms with van der Waals surface area (Å²) >= 11 is 12.1. The van der Waals surface area contributed by atoms with Gasteiger partial charge in [0.15, 0.2) is 0 Å². The summed E-state index contributed by atoms with van der Waals surface area (Å²) in [7, 11) is 0. The molecule has 1 aromatic heterocycles. The minimum Gasteiger partial charge on any atom is -0.357 e. The molecule has 1 unspecified atom stereocenters. The molecule has 0 bridgehead atoms. The SMILES string of the molecule is NCCC1Cc2c([nH]c3ccc(Cl)cc23)CN1C(=O)c1ccc(Cl)cc1. The second-order valence-corrected chi connectivity index (χ2v) is 7.52. The highest BCUT2D eigenvalue weighted by Gasteiger charge is 2.32. The molecule has 26 heavy (non-hydrogen) atoms. The maximum Gasteiger partial charge on any atom is 0.254 e. The van der Waals surface area contributed by atoms with Crippen molar-refractivity contribution in [1.29, 1.82) is 0 Å². The fourth-order valence-corrected chi connectivity index (χ4v) is 4.03. The van der Waals surface area contributed by atoms with Gasteiger partial charge in [-0.05, 0) is 67.4 Å². The molecule has 0 aliphatic carbocycles. The third kappa shape index (κ3) is 3.09. The molecule has 4 rings (SSSR count). The average Bonchev–Trinajstić information content (AvgIpc) is 2.98. The standard InChI is InChI=1S/C20H19Cl2N3O/c21-13-3-1-12(2-4-13)20(26)25-11-19-17(10-15(25)7-8-23)16-9-14(22)5-6-18(16)24-19/h1-6,9,15,24H,7-8,10-11,23H2. The molecular formula is C20H19Cl2N3O. The summed E-state index contributed by atoms with van der Waals surface area (Å²) in [5.74, 6) is 0.00227. The van der Waals surface area contributed by atoms with Crippen molar-refractivity contribution in [2.75, 3.05) is 6.54 Å². The summed E-state index contributed by atoms with van der Waals surface area (Å²) in [5, 5.41) is 2.47. The fraction of sp³-hybridized carbons (Fsp3) is 0.250. The topological polar surface area (TPSA) is 62.1 Å². The van der Waals surface area contributed by atoms with Crippen molar-refractivity contribution in [2.45, 2.75) is 25.4 Å². The lowest BCUT2D eigenvalue weighted by atomic mass is 9.94. The van der Waals surface area contributed by atoms with E-state index in [1.165, 1.54) is 5.56 Å². The quantitative estimate of drug-likeness (QED) is 0.699. The van der Waals surface area contributed by atoms with E-state index in [2.05, 4.69) is 4.98 Å². The van der Waals surface area contributed by atoms with Gasteiger partial charge in [0.1, 0.15) is 0 Å². The summed E-state index contributed by atoms with van der Waals surface area (Å²) in [6.45, 7) is 1.07. The maximum absolute atomic E-state index is 13.1. The number of fused-ring (bicyclic) bond motifs is 3. The molecule has 2 heterocycles. The van der Waals surface area contributed by atoms with E-state index in [4.69, 9.17) is 28.9 Å². The second kappa shape index (κ2) is 6.95. The Bertz CT molecular complexity index is 965. The molecule has 1 aliphatic rings. The van der Waals surface area contributed by atoms with Gasteiger partial charge in [0.25, 0.3) is 5.91 Å². The summed E-state index contributed by atoms with van der Waals surface area (Å²) in [6.07, 6.45) is 1.53. The van der Waals surface area contributed by atoms with E-state index in [9.17, 15) is 4.79 Å². The van der Waals surface area contributed by atoms with E-state index in [0.717, 1.165) is 29.4 Å². The lowest BCUT2D eigenvalue weighted by molar-refractivity contribution is 0.0630. The van der Waals surface area contributed by atoms with Crippen LogP contribution in [0.2, 0.25) is 10.0 Å². The molecule has 0 saturated heterocycles. The number of aromatic nitrogens is 1. The molecule has 0 radical (unpaired) electrons. The van der Waals surface area contributed by atoms with Crippen molar-refractivity contribution < 1.29 is 4.79 Å². The van der Waals surface area contributed by atoms with Crippen molar-refractivity contribution in [3.8, 4) is 0 Å². The van der Waals surface area contributed by atoms with Gasteiger partial charge < -0.3 is 15.6 Å². The number of aromatic amines is 1. The highest BCUT2D eigenvalue weighted by atomic mass is 35.5. The van der Waals surface area contributed by atoms with Gasteiger partial charge in [-0.15, -0.1) is 0 Å². The van der Waals surface area contributed by atoms with Crippen LogP contribution in [0.5, 0.6) is 0 Å². The number of nitrogens with two attached hydrogens (primary N) is 1. The number of benzene rings is 2. The van der Waals surface area contributed by atoms with E-state index in [0.29, 0.717) is 28.7 Å². The highest BCUT2D eigenvalue weighted by molar-refractivity contribution is 6.31. The van der Waals surface area contributed by atoms with Crippen molar-refractivity contribution >= 4 is 40.0 Å². The number of halogens is 2. The van der Waals surface area contributed by atoms with Crippen LogP contribution in [0.15, 0.2) is 42.5 Å². The van der Waals surface area contributed by atoms with Crippen LogP contribution in [0, 0.1) is 0 Å². The second-order valence-electron chi connectivity index (χ2n) is 6.65. The molecule has 0 saturated carbocycles. The van der Waals surface area contributed by atoms with Crippen LogP contribution < -0.4 is 5.73 Å². The van der Waals surface area contributed by atoms with E-state index in [1.807, 2.05) is 23.1 Å². The molecule has 0 spiro atoms. The zero-order valence-corrected chi connectivity index (χ0v) is 15.6. The van der Waals surface area contributed by atoms with Crippen LogP contribution in [0.25, 0.3) is 10.9 Å². The molecule has 1 atom stereocenters.